The van der Waals surface area contributed by atoms with Crippen molar-refractivity contribution in [3.8, 4) is 11.5 Å². The lowest BCUT2D eigenvalue weighted by Crippen LogP contribution is -2.45. The van der Waals surface area contributed by atoms with Crippen molar-refractivity contribution >= 4 is 5.91 Å². The Morgan fingerprint density at radius 1 is 1.23 bits per heavy atom. The maximum absolute atomic E-state index is 13.7. The number of nitrogens with zero attached hydrogens (tertiary/aromatic N) is 1. The Labute approximate surface area is 151 Å². The number of hydrogen-bond acceptors (Lipinski definition) is 3. The minimum absolute atomic E-state index is 0.0464. The highest BCUT2D eigenvalue weighted by atomic mass is 19.1. The van der Waals surface area contributed by atoms with Crippen molar-refractivity contribution in [2.24, 2.45) is 11.7 Å². The number of ether oxygens (including phenoxy) is 1. The minimum Gasteiger partial charge on any atom is -0.454 e. The second kappa shape index (κ2) is 7.83. The van der Waals surface area contributed by atoms with Crippen molar-refractivity contribution in [1.29, 1.82) is 0 Å². The SMILES string of the molecule is C[C@H](N)[C@H]1CCCN(C(=O)c2ccc(Oc3ccc(F)cc3F)cc2)C1. The lowest BCUT2D eigenvalue weighted by molar-refractivity contribution is 0.0661. The topological polar surface area (TPSA) is 55.6 Å². The highest BCUT2D eigenvalue weighted by molar-refractivity contribution is 5.94. The lowest BCUT2D eigenvalue weighted by Gasteiger charge is -2.34. The first-order chi connectivity index (χ1) is 12.4. The number of halogens is 2. The summed E-state index contributed by atoms with van der Waals surface area (Å²) in [7, 11) is 0. The summed E-state index contributed by atoms with van der Waals surface area (Å²) in [6.45, 7) is 3.36. The maximum atomic E-state index is 13.7. The fourth-order valence-electron chi connectivity index (χ4n) is 3.16. The van der Waals surface area contributed by atoms with Gasteiger partial charge in [0, 0.05) is 30.8 Å². The van der Waals surface area contributed by atoms with Crippen LogP contribution in [0.25, 0.3) is 0 Å². The Morgan fingerprint density at radius 3 is 2.62 bits per heavy atom. The van der Waals surface area contributed by atoms with Crippen LogP contribution in [-0.2, 0) is 0 Å². The second-order valence-corrected chi connectivity index (χ2v) is 6.71. The molecule has 138 valence electrons. The van der Waals surface area contributed by atoms with Gasteiger partial charge in [0.1, 0.15) is 11.6 Å². The zero-order chi connectivity index (χ0) is 18.7. The molecule has 1 amide bonds. The molecule has 1 aliphatic rings. The van der Waals surface area contributed by atoms with Gasteiger partial charge in [-0.05, 0) is 62.1 Å². The van der Waals surface area contributed by atoms with E-state index in [1.807, 2.05) is 11.8 Å². The van der Waals surface area contributed by atoms with Gasteiger partial charge in [0.15, 0.2) is 11.6 Å². The third kappa shape index (κ3) is 4.19. The normalized spacial score (nSPS) is 18.5. The average Bonchev–Trinajstić information content (AvgIpc) is 2.64. The number of piperidine rings is 1. The van der Waals surface area contributed by atoms with Gasteiger partial charge in [-0.25, -0.2) is 8.78 Å². The molecule has 1 fully saturated rings. The quantitative estimate of drug-likeness (QED) is 0.898. The summed E-state index contributed by atoms with van der Waals surface area (Å²) in [5, 5.41) is 0. The highest BCUT2D eigenvalue weighted by Gasteiger charge is 2.26. The van der Waals surface area contributed by atoms with Crippen LogP contribution in [0, 0.1) is 17.6 Å². The molecule has 4 nitrogen and oxygen atoms in total. The molecule has 1 heterocycles. The molecule has 26 heavy (non-hydrogen) atoms. The van der Waals surface area contributed by atoms with Gasteiger partial charge in [0.05, 0.1) is 0 Å². The highest BCUT2D eigenvalue weighted by Crippen LogP contribution is 2.26. The first kappa shape index (κ1) is 18.3. The maximum Gasteiger partial charge on any atom is 0.253 e. The molecule has 2 aromatic rings. The molecule has 1 aliphatic heterocycles. The van der Waals surface area contributed by atoms with E-state index in [0.29, 0.717) is 23.8 Å². The zero-order valence-corrected chi connectivity index (χ0v) is 14.6. The van der Waals surface area contributed by atoms with E-state index in [0.717, 1.165) is 31.5 Å². The molecule has 0 bridgehead atoms. The molecule has 6 heteroatoms. The number of likely N-dealkylation sites (tertiary alicyclic amines) is 1. The molecule has 0 aromatic heterocycles. The van der Waals surface area contributed by atoms with Crippen molar-refractivity contribution in [1.82, 2.24) is 4.90 Å². The molecule has 1 saturated heterocycles. The largest absolute Gasteiger partial charge is 0.454 e. The summed E-state index contributed by atoms with van der Waals surface area (Å²) in [5.41, 5.74) is 6.52. The Hall–Kier alpha value is -2.47. The van der Waals surface area contributed by atoms with Crippen LogP contribution in [-0.4, -0.2) is 29.9 Å². The Morgan fingerprint density at radius 2 is 1.96 bits per heavy atom. The standard InChI is InChI=1S/C20H22F2N2O2/c1-13(23)15-3-2-10-24(12-15)20(25)14-4-7-17(8-5-14)26-19-9-6-16(21)11-18(19)22/h4-9,11,13,15H,2-3,10,12,23H2,1H3/t13-,15-/m0/s1. The summed E-state index contributed by atoms with van der Waals surface area (Å²) in [4.78, 5) is 14.5. The van der Waals surface area contributed by atoms with Gasteiger partial charge >= 0.3 is 0 Å². The Balaban J connectivity index is 1.68. The molecule has 2 N–H and O–H groups in total. The molecular formula is C20H22F2N2O2. The van der Waals surface area contributed by atoms with Gasteiger partial charge in [0.2, 0.25) is 0 Å². The van der Waals surface area contributed by atoms with Crippen molar-refractivity contribution in [2.75, 3.05) is 13.1 Å². The van der Waals surface area contributed by atoms with E-state index in [1.165, 1.54) is 6.07 Å². The van der Waals surface area contributed by atoms with Crippen molar-refractivity contribution in [3.05, 3.63) is 59.7 Å². The minimum atomic E-state index is -0.777. The first-order valence-electron chi connectivity index (χ1n) is 8.72. The van der Waals surface area contributed by atoms with Gasteiger partial charge in [0.25, 0.3) is 5.91 Å². The predicted octanol–water partition coefficient (Wildman–Crippen LogP) is 3.96. The smallest absolute Gasteiger partial charge is 0.253 e. The van der Waals surface area contributed by atoms with Crippen LogP contribution in [0.5, 0.6) is 11.5 Å². The molecule has 0 unspecified atom stereocenters. The van der Waals surface area contributed by atoms with Crippen LogP contribution in [0.15, 0.2) is 42.5 Å². The van der Waals surface area contributed by atoms with Crippen molar-refractivity contribution < 1.29 is 18.3 Å². The van der Waals surface area contributed by atoms with Crippen LogP contribution >= 0.6 is 0 Å². The molecule has 3 rings (SSSR count). The molecule has 2 atom stereocenters. The van der Waals surface area contributed by atoms with Gasteiger partial charge < -0.3 is 15.4 Å². The molecule has 2 aromatic carbocycles. The molecule has 0 spiro atoms. The van der Waals surface area contributed by atoms with E-state index in [1.54, 1.807) is 24.3 Å². The second-order valence-electron chi connectivity index (χ2n) is 6.71. The lowest BCUT2D eigenvalue weighted by atomic mass is 9.92. The number of carbonyl (C=O) groups is 1. The van der Waals surface area contributed by atoms with Crippen LogP contribution in [0.1, 0.15) is 30.1 Å². The fourth-order valence-corrected chi connectivity index (χ4v) is 3.16. The van der Waals surface area contributed by atoms with Gasteiger partial charge in [-0.15, -0.1) is 0 Å². The van der Waals surface area contributed by atoms with Gasteiger partial charge in [-0.1, -0.05) is 0 Å². The summed E-state index contributed by atoms with van der Waals surface area (Å²) in [6, 6.07) is 9.67. The third-order valence-corrected chi connectivity index (χ3v) is 4.71. The van der Waals surface area contributed by atoms with E-state index in [-0.39, 0.29) is 17.7 Å². The van der Waals surface area contributed by atoms with E-state index < -0.39 is 11.6 Å². The van der Waals surface area contributed by atoms with Gasteiger partial charge in [-0.2, -0.15) is 0 Å². The monoisotopic (exact) mass is 360 g/mol. The third-order valence-electron chi connectivity index (χ3n) is 4.71. The number of carbonyl (C=O) groups excluding carboxylic acids is 1. The zero-order valence-electron chi connectivity index (χ0n) is 14.6. The Bertz CT molecular complexity index is 778. The first-order valence-corrected chi connectivity index (χ1v) is 8.72. The summed E-state index contributed by atoms with van der Waals surface area (Å²) in [6.07, 6.45) is 1.99. The number of nitrogens with two attached hydrogens (primary N) is 1. The number of benzene rings is 2. The molecule has 0 aliphatic carbocycles. The van der Waals surface area contributed by atoms with Crippen LogP contribution in [0.3, 0.4) is 0 Å². The number of amides is 1. The number of hydrogen-bond donors (Lipinski definition) is 1. The average molecular weight is 360 g/mol. The summed E-state index contributed by atoms with van der Waals surface area (Å²) >= 11 is 0. The van der Waals surface area contributed by atoms with Crippen molar-refractivity contribution in [2.45, 2.75) is 25.8 Å². The van der Waals surface area contributed by atoms with Crippen LogP contribution < -0.4 is 10.5 Å². The van der Waals surface area contributed by atoms with E-state index in [9.17, 15) is 13.6 Å². The Kier molecular flexibility index (Phi) is 5.52. The number of rotatable bonds is 4. The van der Waals surface area contributed by atoms with Crippen molar-refractivity contribution in [3.63, 3.8) is 0 Å². The fraction of sp³-hybridized carbons (Fsp3) is 0.350. The molecule has 0 radical (unpaired) electrons. The van der Waals surface area contributed by atoms with E-state index in [2.05, 4.69) is 0 Å². The predicted molar refractivity (Wildman–Crippen MR) is 95.2 cm³/mol. The summed E-state index contributed by atoms with van der Waals surface area (Å²) < 4.78 is 32.0. The molecular weight excluding hydrogens is 338 g/mol. The van der Waals surface area contributed by atoms with Gasteiger partial charge in [-0.3, -0.25) is 4.79 Å². The molecule has 0 saturated carbocycles. The van der Waals surface area contributed by atoms with E-state index >= 15 is 0 Å². The van der Waals surface area contributed by atoms with Crippen LogP contribution in [0.2, 0.25) is 0 Å². The summed E-state index contributed by atoms with van der Waals surface area (Å²) in [5.74, 6) is -0.866. The van der Waals surface area contributed by atoms with E-state index in [4.69, 9.17) is 10.5 Å². The van der Waals surface area contributed by atoms with Crippen LogP contribution in [0.4, 0.5) is 8.78 Å².